The van der Waals surface area contributed by atoms with E-state index in [1.54, 1.807) is 33.2 Å². The van der Waals surface area contributed by atoms with Crippen molar-refractivity contribution < 1.29 is 31.9 Å². The molecule has 0 radical (unpaired) electrons. The summed E-state index contributed by atoms with van der Waals surface area (Å²) in [5.74, 6) is -0.175. The molecule has 2 amide bonds. The average molecular weight is 617 g/mol. The van der Waals surface area contributed by atoms with Crippen LogP contribution in [0.2, 0.25) is 0 Å². The molecule has 0 bridgehead atoms. The average Bonchev–Trinajstić information content (AvgIpc) is 3.41. The highest BCUT2D eigenvalue weighted by molar-refractivity contribution is 7.88. The summed E-state index contributed by atoms with van der Waals surface area (Å²) in [6, 6.07) is 10.3. The minimum Gasteiger partial charge on any atom is -0.497 e. The van der Waals surface area contributed by atoms with E-state index in [-0.39, 0.29) is 37.8 Å². The van der Waals surface area contributed by atoms with Crippen LogP contribution in [0.3, 0.4) is 0 Å². The van der Waals surface area contributed by atoms with Crippen molar-refractivity contribution in [1.82, 2.24) is 20.3 Å². The van der Waals surface area contributed by atoms with E-state index < -0.39 is 34.1 Å². The number of nitrogens with zero attached hydrogens (tertiary/aromatic N) is 1. The van der Waals surface area contributed by atoms with Crippen LogP contribution in [-0.4, -0.2) is 84.2 Å². The highest BCUT2D eigenvalue weighted by Gasteiger charge is 2.42. The second-order valence-corrected chi connectivity index (χ2v) is 13.3. The Morgan fingerprint density at radius 2 is 1.95 bits per heavy atom. The third kappa shape index (κ3) is 9.75. The quantitative estimate of drug-likeness (QED) is 0.282. The number of nitrogens with one attached hydrogen (secondary N) is 3. The summed E-state index contributed by atoms with van der Waals surface area (Å²) >= 11 is 0. The largest absolute Gasteiger partial charge is 0.497 e. The Morgan fingerprint density at radius 1 is 1.19 bits per heavy atom. The summed E-state index contributed by atoms with van der Waals surface area (Å²) in [4.78, 5) is 28.9. The van der Waals surface area contributed by atoms with Gasteiger partial charge in [0.25, 0.3) is 0 Å². The lowest BCUT2D eigenvalue weighted by Gasteiger charge is -2.30. The molecule has 0 spiro atoms. The number of ether oxygens (including phenoxy) is 2. The van der Waals surface area contributed by atoms with Gasteiger partial charge in [0.05, 0.1) is 26.1 Å². The van der Waals surface area contributed by atoms with Gasteiger partial charge in [0.1, 0.15) is 31.5 Å². The number of amides is 2. The maximum atomic E-state index is 14.5. The van der Waals surface area contributed by atoms with Crippen LogP contribution in [0.5, 0.6) is 5.75 Å². The summed E-state index contributed by atoms with van der Waals surface area (Å²) in [5.41, 5.74) is 2.00. The monoisotopic (exact) mass is 616 g/mol. The minimum atomic E-state index is -3.70. The van der Waals surface area contributed by atoms with Gasteiger partial charge in [0.2, 0.25) is 21.8 Å². The summed E-state index contributed by atoms with van der Waals surface area (Å²) in [7, 11) is -0.340. The molecule has 2 fully saturated rings. The molecule has 2 aliphatic heterocycles. The van der Waals surface area contributed by atoms with Crippen molar-refractivity contribution in [3.05, 3.63) is 59.4 Å². The van der Waals surface area contributed by atoms with Crippen molar-refractivity contribution in [2.75, 3.05) is 33.0 Å². The number of piperidine rings is 1. The van der Waals surface area contributed by atoms with Crippen molar-refractivity contribution in [1.29, 1.82) is 0 Å². The molecule has 13 heteroatoms. The Kier molecular flexibility index (Phi) is 11.6. The van der Waals surface area contributed by atoms with Crippen molar-refractivity contribution in [3.8, 4) is 5.75 Å². The zero-order valence-corrected chi connectivity index (χ0v) is 25.9. The standard InChI is InChI=1S/C30H42BFN4O6S/c1-41-24-5-3-4-21(14-24)17-34-29(37)28-16-25(42-19-22-7-8-23(31)15-26(22)32)18-36(28)30(38)27(35-43(2,39)40)9-6-20-10-12-33-13-11-20/h3-5,7-8,14-15,20,25,27-28,33,35H,6,9-13,16-19,31H2,1-2H3,(H,34,37)/t25-,27-,28+/m1/s1. The molecule has 0 unspecified atom stereocenters. The molecule has 10 nitrogen and oxygen atoms in total. The molecule has 0 saturated carbocycles. The van der Waals surface area contributed by atoms with Gasteiger partial charge in [-0.2, -0.15) is 0 Å². The number of sulfonamides is 1. The second kappa shape index (κ2) is 15.1. The van der Waals surface area contributed by atoms with E-state index in [4.69, 9.17) is 9.47 Å². The lowest BCUT2D eigenvalue weighted by Crippen LogP contribution is -2.53. The minimum absolute atomic E-state index is 0.0162. The first-order chi connectivity index (χ1) is 20.5. The number of rotatable bonds is 13. The number of likely N-dealkylation sites (tertiary alicyclic amines) is 1. The molecule has 0 aliphatic carbocycles. The number of carbonyl (C=O) groups excluding carboxylic acids is 2. The third-order valence-corrected chi connectivity index (χ3v) is 8.82. The van der Waals surface area contributed by atoms with Gasteiger partial charge in [-0.05, 0) is 68.5 Å². The Labute approximate surface area is 254 Å². The molecule has 3 N–H and O–H groups in total. The molecule has 2 aliphatic rings. The lowest BCUT2D eigenvalue weighted by molar-refractivity contribution is -0.140. The van der Waals surface area contributed by atoms with Crippen LogP contribution in [0.15, 0.2) is 42.5 Å². The van der Waals surface area contributed by atoms with Crippen molar-refractivity contribution in [2.45, 2.75) is 63.4 Å². The van der Waals surface area contributed by atoms with Gasteiger partial charge in [-0.3, -0.25) is 9.59 Å². The lowest BCUT2D eigenvalue weighted by atomic mass is 9.91. The van der Waals surface area contributed by atoms with Crippen molar-refractivity contribution >= 4 is 35.1 Å². The highest BCUT2D eigenvalue weighted by Crippen LogP contribution is 2.26. The highest BCUT2D eigenvalue weighted by atomic mass is 32.2. The zero-order chi connectivity index (χ0) is 31.0. The molecule has 43 heavy (non-hydrogen) atoms. The van der Waals surface area contributed by atoms with E-state index in [0.29, 0.717) is 30.1 Å². The Hall–Kier alpha value is -3.00. The van der Waals surface area contributed by atoms with Gasteiger partial charge in [0.15, 0.2) is 0 Å². The topological polar surface area (TPSA) is 126 Å². The van der Waals surface area contributed by atoms with Crippen molar-refractivity contribution in [2.24, 2.45) is 5.92 Å². The van der Waals surface area contributed by atoms with Crippen molar-refractivity contribution in [3.63, 3.8) is 0 Å². The van der Waals surface area contributed by atoms with Gasteiger partial charge in [-0.15, -0.1) is 0 Å². The second-order valence-electron chi connectivity index (χ2n) is 11.6. The van der Waals surface area contributed by atoms with E-state index in [1.807, 2.05) is 18.2 Å². The normalized spacial score (nSPS) is 20.1. The fraction of sp³-hybridized carbons (Fsp3) is 0.533. The van der Waals surface area contributed by atoms with Crippen LogP contribution in [0.25, 0.3) is 0 Å². The first-order valence-corrected chi connectivity index (χ1v) is 16.7. The molecule has 2 aromatic carbocycles. The summed E-state index contributed by atoms with van der Waals surface area (Å²) in [5, 5.41) is 6.22. The van der Waals surface area contributed by atoms with Gasteiger partial charge in [-0.25, -0.2) is 17.5 Å². The van der Waals surface area contributed by atoms with Gasteiger partial charge >= 0.3 is 0 Å². The SMILES string of the molecule is Bc1ccc(CO[C@@H]2C[C@@H](C(=O)NCc3cccc(OC)c3)N(C(=O)[C@@H](CCC3CCNCC3)NS(C)(=O)=O)C2)c(F)c1. The van der Waals surface area contributed by atoms with Crippen LogP contribution >= 0.6 is 0 Å². The van der Waals surface area contributed by atoms with E-state index in [2.05, 4.69) is 15.4 Å². The third-order valence-electron chi connectivity index (χ3n) is 8.11. The summed E-state index contributed by atoms with van der Waals surface area (Å²) in [6.45, 7) is 2.07. The van der Waals surface area contributed by atoms with Crippen LogP contribution in [0, 0.1) is 11.7 Å². The molecular weight excluding hydrogens is 574 g/mol. The molecule has 4 rings (SSSR count). The number of halogens is 1. The Balaban J connectivity index is 1.50. The molecule has 2 saturated heterocycles. The summed E-state index contributed by atoms with van der Waals surface area (Å²) < 4.78 is 52.8. The van der Waals surface area contributed by atoms with Crippen LogP contribution in [0.4, 0.5) is 4.39 Å². The fourth-order valence-corrected chi connectivity index (χ4v) is 6.48. The Bertz CT molecular complexity index is 1370. The Morgan fingerprint density at radius 3 is 2.65 bits per heavy atom. The molecule has 2 aromatic rings. The number of methoxy groups -OCH3 is 1. The summed E-state index contributed by atoms with van der Waals surface area (Å²) in [6.07, 6.45) is 3.62. The van der Waals surface area contributed by atoms with Gasteiger partial charge in [0, 0.05) is 25.1 Å². The number of hydrogen-bond acceptors (Lipinski definition) is 7. The van der Waals surface area contributed by atoms with Crippen LogP contribution < -0.4 is 25.6 Å². The molecular formula is C30H42BFN4O6S. The zero-order valence-electron chi connectivity index (χ0n) is 25.1. The maximum Gasteiger partial charge on any atom is 0.243 e. The molecule has 234 valence electrons. The van der Waals surface area contributed by atoms with E-state index in [1.165, 1.54) is 11.0 Å². The predicted octanol–water partition coefficient (Wildman–Crippen LogP) is 0.593. The first kappa shape index (κ1) is 32.9. The van der Waals surface area contributed by atoms with Crippen LogP contribution in [-0.2, 0) is 37.5 Å². The number of carbonyl (C=O) groups is 2. The smallest absolute Gasteiger partial charge is 0.243 e. The van der Waals surface area contributed by atoms with Gasteiger partial charge < -0.3 is 25.0 Å². The van der Waals surface area contributed by atoms with Crippen LogP contribution in [0.1, 0.15) is 43.2 Å². The first-order valence-electron chi connectivity index (χ1n) is 14.8. The molecule has 2 heterocycles. The van der Waals surface area contributed by atoms with E-state index >= 15 is 0 Å². The molecule has 3 atom stereocenters. The number of benzene rings is 2. The van der Waals surface area contributed by atoms with E-state index in [9.17, 15) is 22.4 Å². The number of hydrogen-bond donors (Lipinski definition) is 3. The molecule has 0 aromatic heterocycles. The predicted molar refractivity (Wildman–Crippen MR) is 165 cm³/mol. The maximum absolute atomic E-state index is 14.5. The van der Waals surface area contributed by atoms with Gasteiger partial charge in [-0.1, -0.05) is 29.7 Å². The fourth-order valence-electron chi connectivity index (χ4n) is 5.74. The van der Waals surface area contributed by atoms with E-state index in [0.717, 1.165) is 43.2 Å².